The third-order valence-electron chi connectivity index (χ3n) is 6.26. The summed E-state index contributed by atoms with van der Waals surface area (Å²) in [5.74, 6) is -0.318. The van der Waals surface area contributed by atoms with E-state index in [0.29, 0.717) is 43.2 Å². The maximum absolute atomic E-state index is 14.1. The fourth-order valence-electron chi connectivity index (χ4n) is 4.59. The summed E-state index contributed by atoms with van der Waals surface area (Å²) in [4.78, 5) is 20.1. The van der Waals surface area contributed by atoms with Gasteiger partial charge in [0.15, 0.2) is 0 Å². The second-order valence-corrected chi connectivity index (χ2v) is 10.5. The van der Waals surface area contributed by atoms with Crippen LogP contribution < -0.4 is 5.73 Å². The molecule has 1 amide bonds. The molecule has 9 heteroatoms. The van der Waals surface area contributed by atoms with Gasteiger partial charge in [-0.1, -0.05) is 45.0 Å². The maximum Gasteiger partial charge on any atom is 0.249 e. The zero-order valence-corrected chi connectivity index (χ0v) is 22.8. The van der Waals surface area contributed by atoms with Crippen LogP contribution >= 0.6 is 0 Å². The molecule has 0 saturated heterocycles. The van der Waals surface area contributed by atoms with Crippen LogP contribution in [0.4, 0.5) is 8.78 Å². The van der Waals surface area contributed by atoms with E-state index in [1.165, 1.54) is 31.4 Å². The Balaban J connectivity index is 2.15. The van der Waals surface area contributed by atoms with Gasteiger partial charge in [0.1, 0.15) is 24.1 Å². The third kappa shape index (κ3) is 7.69. The topological polar surface area (TPSA) is 82.6 Å². The van der Waals surface area contributed by atoms with Crippen molar-refractivity contribution in [3.8, 4) is 11.3 Å². The standard InChI is InChI=1S/C29H38F2N4O3/c1-29(2,3)27(35(26(36)19-38-5)13-12-24(32)18-37-4)28-33-25(21-9-7-11-23(31)15-21)17-34(28)16-20-8-6-10-22(30)14-20/h6-11,14-15,17,24,27H,12-13,16,18-19,32H2,1-5H3. The van der Waals surface area contributed by atoms with Crippen LogP contribution in [-0.4, -0.2) is 60.4 Å². The lowest BCUT2D eigenvalue weighted by Crippen LogP contribution is -2.46. The molecular weight excluding hydrogens is 490 g/mol. The van der Waals surface area contributed by atoms with E-state index < -0.39 is 11.5 Å². The highest BCUT2D eigenvalue weighted by molar-refractivity contribution is 5.78. The van der Waals surface area contributed by atoms with Gasteiger partial charge in [-0.2, -0.15) is 0 Å². The Kier molecular flexibility index (Phi) is 10.1. The van der Waals surface area contributed by atoms with Gasteiger partial charge < -0.3 is 24.7 Å². The van der Waals surface area contributed by atoms with Crippen LogP contribution in [0.5, 0.6) is 0 Å². The van der Waals surface area contributed by atoms with Crippen molar-refractivity contribution in [3.05, 3.63) is 77.8 Å². The summed E-state index contributed by atoms with van der Waals surface area (Å²) in [6, 6.07) is 11.8. The van der Waals surface area contributed by atoms with Gasteiger partial charge in [-0.25, -0.2) is 13.8 Å². The van der Waals surface area contributed by atoms with E-state index in [2.05, 4.69) is 0 Å². The van der Waals surface area contributed by atoms with Crippen LogP contribution in [0.15, 0.2) is 54.7 Å². The molecule has 38 heavy (non-hydrogen) atoms. The summed E-state index contributed by atoms with van der Waals surface area (Å²) >= 11 is 0. The number of nitrogens with two attached hydrogens (primary N) is 1. The van der Waals surface area contributed by atoms with E-state index in [1.807, 2.05) is 37.6 Å². The molecule has 3 rings (SSSR count). The van der Waals surface area contributed by atoms with E-state index in [9.17, 15) is 13.6 Å². The smallest absolute Gasteiger partial charge is 0.249 e. The predicted molar refractivity (Wildman–Crippen MR) is 143 cm³/mol. The number of amides is 1. The highest BCUT2D eigenvalue weighted by atomic mass is 19.1. The molecule has 2 unspecified atom stereocenters. The molecule has 1 aromatic heterocycles. The number of aromatic nitrogens is 2. The zero-order valence-electron chi connectivity index (χ0n) is 22.8. The fraction of sp³-hybridized carbons (Fsp3) is 0.448. The summed E-state index contributed by atoms with van der Waals surface area (Å²) in [7, 11) is 3.06. The molecule has 0 aliphatic heterocycles. The van der Waals surface area contributed by atoms with Crippen molar-refractivity contribution in [2.24, 2.45) is 11.1 Å². The molecule has 1 heterocycles. The Bertz CT molecular complexity index is 1210. The van der Waals surface area contributed by atoms with Crippen LogP contribution in [0.25, 0.3) is 11.3 Å². The van der Waals surface area contributed by atoms with Gasteiger partial charge in [-0.15, -0.1) is 0 Å². The van der Waals surface area contributed by atoms with Crippen LogP contribution in [0.2, 0.25) is 0 Å². The van der Waals surface area contributed by atoms with E-state index in [-0.39, 0.29) is 30.2 Å². The average molecular weight is 529 g/mol. The molecule has 0 saturated carbocycles. The van der Waals surface area contributed by atoms with Crippen molar-refractivity contribution in [2.45, 2.75) is 45.8 Å². The molecular formula is C29H38F2N4O3. The van der Waals surface area contributed by atoms with Crippen molar-refractivity contribution >= 4 is 5.91 Å². The maximum atomic E-state index is 14.1. The zero-order chi connectivity index (χ0) is 27.9. The average Bonchev–Trinajstić information content (AvgIpc) is 3.24. The molecule has 0 radical (unpaired) electrons. The molecule has 0 fully saturated rings. The monoisotopic (exact) mass is 528 g/mol. The number of carbonyl (C=O) groups excluding carboxylic acids is 1. The fourth-order valence-corrected chi connectivity index (χ4v) is 4.59. The summed E-state index contributed by atoms with van der Waals surface area (Å²) in [6.07, 6.45) is 2.33. The SMILES string of the molecule is COCC(=O)N(CCC(N)COC)C(c1nc(-c2cccc(F)c2)cn1Cc1cccc(F)c1)C(C)(C)C. The highest BCUT2D eigenvalue weighted by Gasteiger charge is 2.38. The molecule has 0 bridgehead atoms. The highest BCUT2D eigenvalue weighted by Crippen LogP contribution is 2.39. The first-order valence-corrected chi connectivity index (χ1v) is 12.6. The van der Waals surface area contributed by atoms with Crippen LogP contribution in [0, 0.1) is 17.0 Å². The lowest BCUT2D eigenvalue weighted by Gasteiger charge is -2.40. The largest absolute Gasteiger partial charge is 0.383 e. The summed E-state index contributed by atoms with van der Waals surface area (Å²) in [6.45, 7) is 7.03. The molecule has 0 spiro atoms. The Hall–Kier alpha value is -3.14. The van der Waals surface area contributed by atoms with Crippen molar-refractivity contribution in [2.75, 3.05) is 34.0 Å². The van der Waals surface area contributed by atoms with E-state index in [4.69, 9.17) is 20.2 Å². The van der Waals surface area contributed by atoms with Gasteiger partial charge in [0, 0.05) is 45.1 Å². The predicted octanol–water partition coefficient (Wildman–Crippen LogP) is 4.80. The second-order valence-electron chi connectivity index (χ2n) is 10.5. The molecule has 3 aromatic rings. The first-order chi connectivity index (χ1) is 18.0. The first kappa shape index (κ1) is 29.4. The number of hydrogen-bond donors (Lipinski definition) is 1. The van der Waals surface area contributed by atoms with Gasteiger partial charge in [0.05, 0.1) is 18.3 Å². The normalized spacial score (nSPS) is 13.4. The lowest BCUT2D eigenvalue weighted by molar-refractivity contribution is -0.140. The minimum Gasteiger partial charge on any atom is -0.383 e. The van der Waals surface area contributed by atoms with Gasteiger partial charge in [-0.3, -0.25) is 4.79 Å². The number of halogens is 2. The minimum atomic E-state index is -0.490. The summed E-state index contributed by atoms with van der Waals surface area (Å²) in [5, 5.41) is 0. The van der Waals surface area contributed by atoms with Crippen molar-refractivity contribution in [1.82, 2.24) is 14.5 Å². The van der Waals surface area contributed by atoms with Gasteiger partial charge in [0.25, 0.3) is 0 Å². The Morgan fingerprint density at radius 2 is 1.76 bits per heavy atom. The van der Waals surface area contributed by atoms with Gasteiger partial charge >= 0.3 is 0 Å². The molecule has 0 aliphatic rings. The number of rotatable bonds is 12. The Labute approximate surface area is 223 Å². The Morgan fingerprint density at radius 1 is 1.08 bits per heavy atom. The summed E-state index contributed by atoms with van der Waals surface area (Å²) in [5.41, 5.74) is 7.65. The molecule has 206 valence electrons. The number of nitrogens with zero attached hydrogens (tertiary/aromatic N) is 3. The molecule has 7 nitrogen and oxygen atoms in total. The molecule has 2 aromatic carbocycles. The Morgan fingerprint density at radius 3 is 2.37 bits per heavy atom. The van der Waals surface area contributed by atoms with E-state index in [0.717, 1.165) is 5.56 Å². The number of carbonyl (C=O) groups is 1. The lowest BCUT2D eigenvalue weighted by atomic mass is 9.84. The number of ether oxygens (including phenoxy) is 2. The number of benzene rings is 2. The van der Waals surface area contributed by atoms with E-state index >= 15 is 0 Å². The second kappa shape index (κ2) is 13.1. The molecule has 2 N–H and O–H groups in total. The van der Waals surface area contributed by atoms with E-state index in [1.54, 1.807) is 30.2 Å². The van der Waals surface area contributed by atoms with Gasteiger partial charge in [0.2, 0.25) is 5.91 Å². The number of hydrogen-bond acceptors (Lipinski definition) is 5. The van der Waals surface area contributed by atoms with Crippen LogP contribution in [0.3, 0.4) is 0 Å². The summed E-state index contributed by atoms with van der Waals surface area (Å²) < 4.78 is 40.4. The minimum absolute atomic E-state index is 0.104. The van der Waals surface area contributed by atoms with Gasteiger partial charge in [-0.05, 0) is 41.7 Å². The first-order valence-electron chi connectivity index (χ1n) is 12.6. The quantitative estimate of drug-likeness (QED) is 0.365. The molecule has 0 aliphatic carbocycles. The van der Waals surface area contributed by atoms with Crippen molar-refractivity contribution in [1.29, 1.82) is 0 Å². The van der Waals surface area contributed by atoms with Crippen LogP contribution in [-0.2, 0) is 20.8 Å². The number of methoxy groups -OCH3 is 2. The number of imidazole rings is 1. The van der Waals surface area contributed by atoms with Crippen molar-refractivity contribution in [3.63, 3.8) is 0 Å². The van der Waals surface area contributed by atoms with Crippen LogP contribution in [0.1, 0.15) is 44.6 Å². The third-order valence-corrected chi connectivity index (χ3v) is 6.26. The van der Waals surface area contributed by atoms with Crippen molar-refractivity contribution < 1.29 is 23.0 Å². The molecule has 2 atom stereocenters.